The van der Waals surface area contributed by atoms with E-state index in [0.717, 1.165) is 11.3 Å². The summed E-state index contributed by atoms with van der Waals surface area (Å²) in [6.07, 6.45) is 0. The summed E-state index contributed by atoms with van der Waals surface area (Å²) in [6, 6.07) is 16.7. The van der Waals surface area contributed by atoms with Gasteiger partial charge in [-0.05, 0) is 37.1 Å². The molecule has 0 saturated heterocycles. The normalized spacial score (nSPS) is 13.4. The summed E-state index contributed by atoms with van der Waals surface area (Å²) in [4.78, 5) is 4.64. The minimum atomic E-state index is -0.220. The van der Waals surface area contributed by atoms with Crippen LogP contribution in [0, 0.1) is 5.82 Å². The maximum Gasteiger partial charge on any atom is 0.123 e. The van der Waals surface area contributed by atoms with E-state index >= 15 is 0 Å². The van der Waals surface area contributed by atoms with Crippen molar-refractivity contribution in [1.29, 1.82) is 0 Å². The molecule has 0 aliphatic carbocycles. The van der Waals surface area contributed by atoms with Crippen LogP contribution in [0.25, 0.3) is 0 Å². The number of aliphatic imine (C=N–C) groups is 1. The van der Waals surface area contributed by atoms with Crippen LogP contribution in [0.4, 0.5) is 4.39 Å². The molecule has 2 aromatic rings. The lowest BCUT2D eigenvalue weighted by atomic mass is 10.1. The van der Waals surface area contributed by atoms with E-state index in [1.54, 1.807) is 12.1 Å². The van der Waals surface area contributed by atoms with Crippen LogP contribution in [0.1, 0.15) is 31.0 Å². The predicted molar refractivity (Wildman–Crippen MR) is 73.5 cm³/mol. The molecule has 0 aliphatic rings. The van der Waals surface area contributed by atoms with Crippen molar-refractivity contribution < 1.29 is 4.39 Å². The third-order valence-corrected chi connectivity index (χ3v) is 2.93. The van der Waals surface area contributed by atoms with Gasteiger partial charge >= 0.3 is 0 Å². The van der Waals surface area contributed by atoms with Gasteiger partial charge in [-0.2, -0.15) is 0 Å². The molecule has 18 heavy (non-hydrogen) atoms. The second-order valence-electron chi connectivity index (χ2n) is 4.31. The maximum atomic E-state index is 12.8. The first-order chi connectivity index (χ1) is 8.66. The molecule has 0 N–H and O–H groups in total. The van der Waals surface area contributed by atoms with Crippen molar-refractivity contribution in [1.82, 2.24) is 0 Å². The first-order valence-corrected chi connectivity index (χ1v) is 6.02. The van der Waals surface area contributed by atoms with E-state index in [2.05, 4.69) is 24.0 Å². The smallest absolute Gasteiger partial charge is 0.123 e. The van der Waals surface area contributed by atoms with E-state index in [1.807, 2.05) is 25.1 Å². The molecule has 0 saturated carbocycles. The van der Waals surface area contributed by atoms with E-state index in [4.69, 9.17) is 0 Å². The van der Waals surface area contributed by atoms with Crippen molar-refractivity contribution in [2.45, 2.75) is 19.9 Å². The molecule has 92 valence electrons. The van der Waals surface area contributed by atoms with Crippen LogP contribution in [0.5, 0.6) is 0 Å². The largest absolute Gasteiger partial charge is 0.282 e. The highest BCUT2D eigenvalue weighted by Gasteiger charge is 2.04. The summed E-state index contributed by atoms with van der Waals surface area (Å²) >= 11 is 0. The van der Waals surface area contributed by atoms with Crippen LogP contribution >= 0.6 is 0 Å². The molecule has 0 radical (unpaired) electrons. The number of rotatable bonds is 3. The molecule has 0 fully saturated rings. The van der Waals surface area contributed by atoms with Crippen molar-refractivity contribution in [2.75, 3.05) is 0 Å². The Morgan fingerprint density at radius 1 is 1.00 bits per heavy atom. The molecule has 1 nitrogen and oxygen atoms in total. The quantitative estimate of drug-likeness (QED) is 0.706. The van der Waals surface area contributed by atoms with Gasteiger partial charge in [0, 0.05) is 5.71 Å². The van der Waals surface area contributed by atoms with E-state index in [-0.39, 0.29) is 11.9 Å². The summed E-state index contributed by atoms with van der Waals surface area (Å²) in [5.74, 6) is -0.220. The molecular weight excluding hydrogens is 225 g/mol. The highest BCUT2D eigenvalue weighted by Crippen LogP contribution is 2.17. The van der Waals surface area contributed by atoms with Crippen LogP contribution in [-0.2, 0) is 0 Å². The van der Waals surface area contributed by atoms with Gasteiger partial charge in [-0.1, -0.05) is 42.5 Å². The highest BCUT2D eigenvalue weighted by molar-refractivity contribution is 5.98. The number of hydrogen-bond acceptors (Lipinski definition) is 1. The van der Waals surface area contributed by atoms with Gasteiger partial charge in [-0.25, -0.2) is 4.39 Å². The second-order valence-corrected chi connectivity index (χ2v) is 4.31. The van der Waals surface area contributed by atoms with Gasteiger partial charge in [-0.3, -0.25) is 4.99 Å². The van der Waals surface area contributed by atoms with E-state index < -0.39 is 0 Å². The number of hydrogen-bond donors (Lipinski definition) is 0. The molecule has 0 amide bonds. The van der Waals surface area contributed by atoms with E-state index in [1.165, 1.54) is 17.7 Å². The van der Waals surface area contributed by atoms with Gasteiger partial charge in [-0.15, -0.1) is 0 Å². The van der Waals surface area contributed by atoms with Gasteiger partial charge < -0.3 is 0 Å². The Balaban J connectivity index is 2.20. The molecule has 2 rings (SSSR count). The van der Waals surface area contributed by atoms with Gasteiger partial charge in [0.1, 0.15) is 5.82 Å². The molecule has 2 aromatic carbocycles. The molecule has 0 spiro atoms. The lowest BCUT2D eigenvalue weighted by Crippen LogP contribution is -1.99. The molecule has 1 atom stereocenters. The van der Waals surface area contributed by atoms with Gasteiger partial charge in [0.25, 0.3) is 0 Å². The molecule has 0 aliphatic heterocycles. The summed E-state index contributed by atoms with van der Waals surface area (Å²) in [5.41, 5.74) is 3.06. The summed E-state index contributed by atoms with van der Waals surface area (Å²) < 4.78 is 12.8. The van der Waals surface area contributed by atoms with Crippen molar-refractivity contribution >= 4 is 5.71 Å². The second kappa shape index (κ2) is 5.58. The SMILES string of the molecule is CC(=NC(C)c1ccccc1)c1ccc(F)cc1. The van der Waals surface area contributed by atoms with Crippen molar-refractivity contribution in [2.24, 2.45) is 4.99 Å². The minimum Gasteiger partial charge on any atom is -0.282 e. The van der Waals surface area contributed by atoms with Crippen LogP contribution in [-0.4, -0.2) is 5.71 Å². The van der Waals surface area contributed by atoms with Crippen molar-refractivity contribution in [3.05, 3.63) is 71.5 Å². The van der Waals surface area contributed by atoms with Crippen molar-refractivity contribution in [3.63, 3.8) is 0 Å². The fraction of sp³-hybridized carbons (Fsp3) is 0.188. The number of benzene rings is 2. The lowest BCUT2D eigenvalue weighted by molar-refractivity contribution is 0.628. The average Bonchev–Trinajstić information content (AvgIpc) is 2.40. The van der Waals surface area contributed by atoms with Crippen LogP contribution < -0.4 is 0 Å². The topological polar surface area (TPSA) is 12.4 Å². The Kier molecular flexibility index (Phi) is 3.88. The summed E-state index contributed by atoms with van der Waals surface area (Å²) in [5, 5.41) is 0. The minimum absolute atomic E-state index is 0.108. The molecule has 2 heteroatoms. The zero-order valence-electron chi connectivity index (χ0n) is 10.6. The first kappa shape index (κ1) is 12.5. The maximum absolute atomic E-state index is 12.8. The fourth-order valence-corrected chi connectivity index (χ4v) is 1.86. The predicted octanol–water partition coefficient (Wildman–Crippen LogP) is 4.40. The summed E-state index contributed by atoms with van der Waals surface area (Å²) in [6.45, 7) is 4.01. The van der Waals surface area contributed by atoms with E-state index in [0.29, 0.717) is 0 Å². The number of nitrogens with zero attached hydrogens (tertiary/aromatic N) is 1. The molecule has 1 unspecified atom stereocenters. The van der Waals surface area contributed by atoms with Crippen molar-refractivity contribution in [3.8, 4) is 0 Å². The number of halogens is 1. The van der Waals surface area contributed by atoms with E-state index in [9.17, 15) is 4.39 Å². The van der Waals surface area contributed by atoms with Gasteiger partial charge in [0.15, 0.2) is 0 Å². The fourth-order valence-electron chi connectivity index (χ4n) is 1.86. The Morgan fingerprint density at radius 3 is 2.22 bits per heavy atom. The molecule has 0 heterocycles. The van der Waals surface area contributed by atoms with Gasteiger partial charge in [0.05, 0.1) is 6.04 Å². The van der Waals surface area contributed by atoms with Crippen LogP contribution in [0.3, 0.4) is 0 Å². The molecule has 0 aromatic heterocycles. The highest BCUT2D eigenvalue weighted by atomic mass is 19.1. The third kappa shape index (κ3) is 3.04. The Bertz CT molecular complexity index is 529. The molecular formula is C16H16FN. The zero-order valence-corrected chi connectivity index (χ0v) is 10.6. The summed E-state index contributed by atoms with van der Waals surface area (Å²) in [7, 11) is 0. The van der Waals surface area contributed by atoms with Crippen LogP contribution in [0.2, 0.25) is 0 Å². The Hall–Kier alpha value is -1.96. The van der Waals surface area contributed by atoms with Gasteiger partial charge in [0.2, 0.25) is 0 Å². The Labute approximate surface area is 107 Å². The van der Waals surface area contributed by atoms with Crippen LogP contribution in [0.15, 0.2) is 59.6 Å². The zero-order chi connectivity index (χ0) is 13.0. The standard InChI is InChI=1S/C16H16FN/c1-12(14-6-4-3-5-7-14)18-13(2)15-8-10-16(17)11-9-15/h3-12H,1-2H3. The lowest BCUT2D eigenvalue weighted by Gasteiger charge is -2.09. The Morgan fingerprint density at radius 2 is 1.61 bits per heavy atom. The first-order valence-electron chi connectivity index (χ1n) is 6.02. The monoisotopic (exact) mass is 241 g/mol. The average molecular weight is 241 g/mol. The third-order valence-electron chi connectivity index (χ3n) is 2.93. The molecule has 0 bridgehead atoms.